The highest BCUT2D eigenvalue weighted by Crippen LogP contribution is 2.35. The molecule has 1 unspecified atom stereocenters. The fourth-order valence-corrected chi connectivity index (χ4v) is 4.21. The number of carbonyl (C=O) groups excluding carboxylic acids is 2. The van der Waals surface area contributed by atoms with Gasteiger partial charge in [0.1, 0.15) is 18.0 Å². The molecule has 0 saturated carbocycles. The van der Waals surface area contributed by atoms with Gasteiger partial charge in [-0.1, -0.05) is 48.9 Å². The second kappa shape index (κ2) is 11.0. The summed E-state index contributed by atoms with van der Waals surface area (Å²) >= 11 is 0. The number of carboxylic acid groups (broad SMARTS) is 1. The van der Waals surface area contributed by atoms with Gasteiger partial charge in [0.2, 0.25) is 0 Å². The number of Topliss-reactive ketones (excluding diaryl/α,β-unsaturated/α-hetero) is 1. The Morgan fingerprint density at radius 2 is 1.75 bits per heavy atom. The van der Waals surface area contributed by atoms with E-state index < -0.39 is 17.7 Å². The third-order valence-corrected chi connectivity index (χ3v) is 5.67. The Kier molecular flexibility index (Phi) is 8.17. The lowest BCUT2D eigenvalue weighted by atomic mass is 9.89. The second-order valence-electron chi connectivity index (χ2n) is 8.62. The molecule has 1 saturated heterocycles. The molecule has 0 amide bonds. The summed E-state index contributed by atoms with van der Waals surface area (Å²) in [5.41, 5.74) is 3.22. The molecule has 1 aliphatic heterocycles. The maximum atomic E-state index is 12.4. The van der Waals surface area contributed by atoms with Crippen molar-refractivity contribution in [3.63, 3.8) is 0 Å². The summed E-state index contributed by atoms with van der Waals surface area (Å²) in [4.78, 5) is 38.1. The molecule has 3 rings (SSSR count). The van der Waals surface area contributed by atoms with Gasteiger partial charge in [-0.3, -0.25) is 9.69 Å². The van der Waals surface area contributed by atoms with E-state index in [2.05, 4.69) is 11.0 Å². The van der Waals surface area contributed by atoms with Crippen LogP contribution in [0.1, 0.15) is 61.3 Å². The van der Waals surface area contributed by atoms with Crippen molar-refractivity contribution in [2.75, 3.05) is 13.1 Å². The molecule has 2 aromatic carbocycles. The van der Waals surface area contributed by atoms with Gasteiger partial charge in [-0.25, -0.2) is 4.79 Å². The summed E-state index contributed by atoms with van der Waals surface area (Å²) in [5, 5.41) is 9.30. The quantitative estimate of drug-likeness (QED) is 0.344. The van der Waals surface area contributed by atoms with Crippen molar-refractivity contribution in [1.29, 1.82) is 0 Å². The van der Waals surface area contributed by atoms with E-state index in [4.69, 9.17) is 4.74 Å². The standard InChI is InChI=1S/C26H31NO5/c1-18(2)32-25-21(16-27-11-7-4-8-12-27)14-20(13-19-9-5-3-6-10-19)15-22(25)23(17-28)24(29)26(30)31/h3,5-6,9-10,14-15,17-18,23H,4,7-8,11-13,16H2,1-2H3,(H,30,31). The van der Waals surface area contributed by atoms with Crippen LogP contribution in [0.2, 0.25) is 0 Å². The van der Waals surface area contributed by atoms with E-state index in [9.17, 15) is 19.5 Å². The average Bonchev–Trinajstić information content (AvgIpc) is 2.77. The number of hydrogen-bond acceptors (Lipinski definition) is 5. The molecule has 32 heavy (non-hydrogen) atoms. The maximum absolute atomic E-state index is 12.4. The Balaban J connectivity index is 2.11. The van der Waals surface area contributed by atoms with E-state index in [0.717, 1.165) is 42.6 Å². The average molecular weight is 438 g/mol. The summed E-state index contributed by atoms with van der Waals surface area (Å²) in [7, 11) is 0. The first-order valence-corrected chi connectivity index (χ1v) is 11.2. The monoisotopic (exact) mass is 437 g/mol. The van der Waals surface area contributed by atoms with Gasteiger partial charge in [-0.2, -0.15) is 0 Å². The van der Waals surface area contributed by atoms with Gasteiger partial charge in [-0.05, 0) is 57.3 Å². The van der Waals surface area contributed by atoms with Gasteiger partial charge < -0.3 is 14.6 Å². The van der Waals surface area contributed by atoms with Crippen LogP contribution in [0.15, 0.2) is 42.5 Å². The van der Waals surface area contributed by atoms with Crippen molar-refractivity contribution in [1.82, 2.24) is 4.90 Å². The molecule has 2 aromatic rings. The first-order chi connectivity index (χ1) is 15.4. The smallest absolute Gasteiger partial charge is 0.373 e. The Labute approximate surface area is 189 Å². The van der Waals surface area contributed by atoms with E-state index in [-0.39, 0.29) is 6.10 Å². The number of carboxylic acids is 1. The minimum absolute atomic E-state index is 0.193. The van der Waals surface area contributed by atoms with Crippen LogP contribution in [-0.4, -0.2) is 47.2 Å². The Morgan fingerprint density at radius 1 is 1.06 bits per heavy atom. The number of ketones is 1. The molecule has 0 radical (unpaired) electrons. The third-order valence-electron chi connectivity index (χ3n) is 5.67. The number of ether oxygens (including phenoxy) is 1. The van der Waals surface area contributed by atoms with Gasteiger partial charge in [0, 0.05) is 17.7 Å². The molecule has 0 aromatic heterocycles. The molecular weight excluding hydrogens is 406 g/mol. The molecule has 1 heterocycles. The van der Waals surface area contributed by atoms with Crippen molar-refractivity contribution in [2.24, 2.45) is 0 Å². The second-order valence-corrected chi connectivity index (χ2v) is 8.62. The normalized spacial score (nSPS) is 15.3. The highest BCUT2D eigenvalue weighted by Gasteiger charge is 2.31. The molecule has 1 atom stereocenters. The molecule has 6 heteroatoms. The SMILES string of the molecule is CC(C)Oc1c(CN2CCCCC2)cc(Cc2ccccc2)cc1C(C=O)C(=O)C(=O)O. The number of nitrogens with zero attached hydrogens (tertiary/aromatic N) is 1. The number of rotatable bonds is 10. The minimum atomic E-state index is -1.62. The van der Waals surface area contributed by atoms with Crippen LogP contribution in [0.25, 0.3) is 0 Å². The summed E-state index contributed by atoms with van der Waals surface area (Å²) in [6.07, 6.45) is 4.30. The highest BCUT2D eigenvalue weighted by atomic mass is 16.5. The molecule has 1 fully saturated rings. The van der Waals surface area contributed by atoms with E-state index in [1.807, 2.05) is 44.2 Å². The molecule has 170 valence electrons. The predicted molar refractivity (Wildman–Crippen MR) is 122 cm³/mol. The summed E-state index contributed by atoms with van der Waals surface area (Å²) in [5.74, 6) is -3.72. The first-order valence-electron chi connectivity index (χ1n) is 11.2. The van der Waals surface area contributed by atoms with E-state index >= 15 is 0 Å². The van der Waals surface area contributed by atoms with Gasteiger partial charge in [0.15, 0.2) is 0 Å². The molecular formula is C26H31NO5. The van der Waals surface area contributed by atoms with Gasteiger partial charge in [-0.15, -0.1) is 0 Å². The molecule has 1 aliphatic rings. The van der Waals surface area contributed by atoms with Gasteiger partial charge >= 0.3 is 5.97 Å². The number of likely N-dealkylation sites (tertiary alicyclic amines) is 1. The lowest BCUT2D eigenvalue weighted by Crippen LogP contribution is -2.30. The zero-order valence-corrected chi connectivity index (χ0v) is 18.8. The van der Waals surface area contributed by atoms with Crippen molar-refractivity contribution >= 4 is 18.0 Å². The topological polar surface area (TPSA) is 83.9 Å². The fourth-order valence-electron chi connectivity index (χ4n) is 4.21. The Bertz CT molecular complexity index is 948. The number of aldehydes is 1. The maximum Gasteiger partial charge on any atom is 0.373 e. The Morgan fingerprint density at radius 3 is 2.34 bits per heavy atom. The number of carbonyl (C=O) groups is 3. The Hall–Kier alpha value is -2.99. The highest BCUT2D eigenvalue weighted by molar-refractivity contribution is 6.38. The van der Waals surface area contributed by atoms with E-state index in [1.54, 1.807) is 6.07 Å². The summed E-state index contributed by atoms with van der Waals surface area (Å²) in [6.45, 7) is 6.34. The number of piperidine rings is 1. The number of hydrogen-bond donors (Lipinski definition) is 1. The summed E-state index contributed by atoms with van der Waals surface area (Å²) in [6, 6.07) is 13.7. The van der Waals surface area contributed by atoms with Crippen LogP contribution in [0.4, 0.5) is 0 Å². The largest absolute Gasteiger partial charge is 0.490 e. The van der Waals surface area contributed by atoms with Crippen LogP contribution in [0.3, 0.4) is 0 Å². The molecule has 0 bridgehead atoms. The van der Waals surface area contributed by atoms with E-state index in [0.29, 0.717) is 30.6 Å². The number of aliphatic carboxylic acids is 1. The van der Waals surface area contributed by atoms with Crippen molar-refractivity contribution < 1.29 is 24.2 Å². The van der Waals surface area contributed by atoms with Gasteiger partial charge in [0.25, 0.3) is 5.78 Å². The van der Waals surface area contributed by atoms with Crippen molar-refractivity contribution in [3.05, 3.63) is 64.7 Å². The van der Waals surface area contributed by atoms with Crippen LogP contribution in [-0.2, 0) is 27.3 Å². The first kappa shape index (κ1) is 23.7. The summed E-state index contributed by atoms with van der Waals surface area (Å²) < 4.78 is 6.11. The minimum Gasteiger partial charge on any atom is -0.490 e. The molecule has 1 N–H and O–H groups in total. The van der Waals surface area contributed by atoms with Crippen molar-refractivity contribution in [2.45, 2.75) is 58.1 Å². The van der Waals surface area contributed by atoms with Crippen LogP contribution in [0.5, 0.6) is 5.75 Å². The van der Waals surface area contributed by atoms with Crippen molar-refractivity contribution in [3.8, 4) is 5.75 Å². The zero-order valence-electron chi connectivity index (χ0n) is 18.8. The van der Waals surface area contributed by atoms with Gasteiger partial charge in [0.05, 0.1) is 6.10 Å². The molecule has 0 spiro atoms. The van der Waals surface area contributed by atoms with Crippen LogP contribution < -0.4 is 4.74 Å². The fraction of sp³-hybridized carbons (Fsp3) is 0.423. The van der Waals surface area contributed by atoms with E-state index in [1.165, 1.54) is 6.42 Å². The number of benzene rings is 2. The van der Waals surface area contributed by atoms with Crippen LogP contribution in [0, 0.1) is 0 Å². The third kappa shape index (κ3) is 6.04. The molecule has 6 nitrogen and oxygen atoms in total. The lowest BCUT2D eigenvalue weighted by Gasteiger charge is -2.29. The zero-order chi connectivity index (χ0) is 23.1. The lowest BCUT2D eigenvalue weighted by molar-refractivity contribution is -0.150. The predicted octanol–water partition coefficient (Wildman–Crippen LogP) is 3.99. The van der Waals surface area contributed by atoms with Crippen LogP contribution >= 0.6 is 0 Å². The molecule has 0 aliphatic carbocycles.